The van der Waals surface area contributed by atoms with Gasteiger partial charge in [0, 0.05) is 18.8 Å². The monoisotopic (exact) mass is 253 g/mol. The number of aromatic nitrogens is 2. The van der Waals surface area contributed by atoms with E-state index < -0.39 is 17.5 Å². The molecule has 1 saturated heterocycles. The predicted molar refractivity (Wildman–Crippen MR) is 64.0 cm³/mol. The van der Waals surface area contributed by atoms with Gasteiger partial charge >= 0.3 is 5.69 Å². The van der Waals surface area contributed by atoms with Crippen molar-refractivity contribution in [3.8, 4) is 0 Å². The SMILES string of the molecule is C=C1[C@H](n2cc(C)c(=O)[nH]c2=O)ON(C)[C@H]1CO. The molecule has 1 aromatic heterocycles. The number of aliphatic hydroxyl groups is 1. The lowest BCUT2D eigenvalue weighted by Crippen LogP contribution is -2.33. The molecule has 2 rings (SSSR count). The minimum Gasteiger partial charge on any atom is -0.394 e. The third kappa shape index (κ3) is 1.92. The van der Waals surface area contributed by atoms with E-state index in [4.69, 9.17) is 4.84 Å². The van der Waals surface area contributed by atoms with Gasteiger partial charge in [0.25, 0.3) is 5.56 Å². The van der Waals surface area contributed by atoms with Crippen LogP contribution in [-0.2, 0) is 4.84 Å². The third-order valence-electron chi connectivity index (χ3n) is 3.02. The molecule has 2 heterocycles. The van der Waals surface area contributed by atoms with Crippen molar-refractivity contribution in [2.45, 2.75) is 19.2 Å². The number of hydroxylamine groups is 2. The van der Waals surface area contributed by atoms with Crippen LogP contribution in [0.5, 0.6) is 0 Å². The first kappa shape index (κ1) is 12.7. The summed E-state index contributed by atoms with van der Waals surface area (Å²) in [5.74, 6) is 0. The molecule has 0 radical (unpaired) electrons. The van der Waals surface area contributed by atoms with Crippen molar-refractivity contribution < 1.29 is 9.94 Å². The molecule has 0 aliphatic carbocycles. The van der Waals surface area contributed by atoms with Crippen LogP contribution in [0, 0.1) is 6.92 Å². The molecule has 1 aliphatic rings. The van der Waals surface area contributed by atoms with Gasteiger partial charge in [-0.05, 0) is 12.5 Å². The predicted octanol–water partition coefficient (Wildman–Crippen LogP) is -0.862. The number of nitrogens with one attached hydrogen (secondary N) is 1. The van der Waals surface area contributed by atoms with Crippen molar-refractivity contribution in [3.05, 3.63) is 44.8 Å². The van der Waals surface area contributed by atoms with Gasteiger partial charge in [0.05, 0.1) is 12.6 Å². The highest BCUT2D eigenvalue weighted by Gasteiger charge is 2.36. The van der Waals surface area contributed by atoms with Crippen LogP contribution in [0.25, 0.3) is 0 Å². The molecular weight excluding hydrogens is 238 g/mol. The van der Waals surface area contributed by atoms with Crippen molar-refractivity contribution in [2.75, 3.05) is 13.7 Å². The number of aliphatic hydroxyl groups excluding tert-OH is 1. The average Bonchev–Trinajstić information content (AvgIpc) is 2.59. The second-order valence-electron chi connectivity index (χ2n) is 4.26. The van der Waals surface area contributed by atoms with Crippen molar-refractivity contribution in [1.29, 1.82) is 0 Å². The van der Waals surface area contributed by atoms with E-state index in [1.54, 1.807) is 14.0 Å². The number of aromatic amines is 1. The van der Waals surface area contributed by atoms with Gasteiger partial charge < -0.3 is 5.11 Å². The van der Waals surface area contributed by atoms with Gasteiger partial charge in [-0.25, -0.2) is 4.79 Å². The molecule has 2 N–H and O–H groups in total. The lowest BCUT2D eigenvalue weighted by molar-refractivity contribution is -0.169. The van der Waals surface area contributed by atoms with E-state index >= 15 is 0 Å². The molecule has 18 heavy (non-hydrogen) atoms. The Bertz CT molecular complexity index is 589. The van der Waals surface area contributed by atoms with Crippen LogP contribution in [-0.4, -0.2) is 39.4 Å². The summed E-state index contributed by atoms with van der Waals surface area (Å²) in [6, 6.07) is -0.367. The Morgan fingerprint density at radius 2 is 2.22 bits per heavy atom. The quantitative estimate of drug-likeness (QED) is 0.669. The zero-order valence-electron chi connectivity index (χ0n) is 10.2. The number of H-pyrrole nitrogens is 1. The summed E-state index contributed by atoms with van der Waals surface area (Å²) >= 11 is 0. The Balaban J connectivity index is 2.45. The number of aryl methyl sites for hydroxylation is 1. The Morgan fingerprint density at radius 3 is 2.78 bits per heavy atom. The molecule has 7 nitrogen and oxygen atoms in total. The average molecular weight is 253 g/mol. The molecule has 7 heteroatoms. The second-order valence-corrected chi connectivity index (χ2v) is 4.26. The number of hydrogen-bond acceptors (Lipinski definition) is 5. The van der Waals surface area contributed by atoms with Gasteiger partial charge in [-0.1, -0.05) is 6.58 Å². The van der Waals surface area contributed by atoms with Crippen molar-refractivity contribution in [3.63, 3.8) is 0 Å². The first-order chi connectivity index (χ1) is 8.45. The van der Waals surface area contributed by atoms with E-state index in [0.29, 0.717) is 11.1 Å². The summed E-state index contributed by atoms with van der Waals surface area (Å²) < 4.78 is 1.26. The molecular formula is C11H15N3O4. The molecule has 2 atom stereocenters. The number of rotatable bonds is 2. The van der Waals surface area contributed by atoms with Crippen LogP contribution in [0.3, 0.4) is 0 Å². The summed E-state index contributed by atoms with van der Waals surface area (Å²) in [5.41, 5.74) is -0.0229. The van der Waals surface area contributed by atoms with E-state index in [-0.39, 0.29) is 12.6 Å². The van der Waals surface area contributed by atoms with Gasteiger partial charge in [0.1, 0.15) is 0 Å². The van der Waals surface area contributed by atoms with E-state index in [0.717, 1.165) is 0 Å². The van der Waals surface area contributed by atoms with E-state index in [2.05, 4.69) is 11.6 Å². The topological polar surface area (TPSA) is 87.6 Å². The first-order valence-electron chi connectivity index (χ1n) is 5.47. The highest BCUT2D eigenvalue weighted by atomic mass is 16.7. The van der Waals surface area contributed by atoms with Gasteiger partial charge in [-0.3, -0.25) is 19.2 Å². The molecule has 0 saturated carbocycles. The second kappa shape index (κ2) is 4.52. The minimum absolute atomic E-state index is 0.150. The molecule has 0 unspecified atom stereocenters. The van der Waals surface area contributed by atoms with Gasteiger partial charge in [0.2, 0.25) is 0 Å². The summed E-state index contributed by atoms with van der Waals surface area (Å²) in [6.07, 6.45) is 0.708. The van der Waals surface area contributed by atoms with Crippen molar-refractivity contribution in [2.24, 2.45) is 0 Å². The molecule has 0 bridgehead atoms. The lowest BCUT2D eigenvalue weighted by atomic mass is 10.1. The van der Waals surface area contributed by atoms with E-state index in [1.165, 1.54) is 15.8 Å². The van der Waals surface area contributed by atoms with Crippen LogP contribution in [0.1, 0.15) is 11.8 Å². The van der Waals surface area contributed by atoms with E-state index in [9.17, 15) is 14.7 Å². The lowest BCUT2D eigenvalue weighted by Gasteiger charge is -2.14. The molecule has 0 spiro atoms. The molecule has 1 aromatic rings. The largest absolute Gasteiger partial charge is 0.394 e. The fraction of sp³-hybridized carbons (Fsp3) is 0.455. The van der Waals surface area contributed by atoms with Crippen LogP contribution >= 0.6 is 0 Å². The third-order valence-corrected chi connectivity index (χ3v) is 3.02. The number of hydrogen-bond donors (Lipinski definition) is 2. The van der Waals surface area contributed by atoms with Gasteiger partial charge in [0.15, 0.2) is 6.23 Å². The molecule has 0 aromatic carbocycles. The number of nitrogens with zero attached hydrogens (tertiary/aromatic N) is 2. The van der Waals surface area contributed by atoms with Crippen LogP contribution in [0.15, 0.2) is 27.9 Å². The summed E-state index contributed by atoms with van der Waals surface area (Å²) in [4.78, 5) is 30.7. The smallest absolute Gasteiger partial charge is 0.330 e. The minimum atomic E-state index is -0.713. The maximum atomic E-state index is 11.7. The fourth-order valence-electron chi connectivity index (χ4n) is 1.92. The highest BCUT2D eigenvalue weighted by Crippen LogP contribution is 2.30. The summed E-state index contributed by atoms with van der Waals surface area (Å²) in [6.45, 7) is 5.28. The molecule has 98 valence electrons. The van der Waals surface area contributed by atoms with Gasteiger partial charge in [-0.15, -0.1) is 0 Å². The standard InChI is InChI=1S/C11H15N3O4/c1-6-4-14(11(17)12-9(6)16)10-7(2)8(5-15)13(3)18-10/h4,8,10,15H,2,5H2,1,3H3,(H,12,16,17)/t8-,10+/m0/s1. The Kier molecular flexibility index (Phi) is 3.20. The zero-order chi connectivity index (χ0) is 13.4. The highest BCUT2D eigenvalue weighted by molar-refractivity contribution is 5.14. The Morgan fingerprint density at radius 1 is 1.56 bits per heavy atom. The molecule has 1 fully saturated rings. The zero-order valence-corrected chi connectivity index (χ0v) is 10.2. The fourth-order valence-corrected chi connectivity index (χ4v) is 1.92. The van der Waals surface area contributed by atoms with Crippen LogP contribution in [0.2, 0.25) is 0 Å². The summed E-state index contributed by atoms with van der Waals surface area (Å²) in [7, 11) is 1.65. The normalized spacial score (nSPS) is 24.7. The van der Waals surface area contributed by atoms with Crippen LogP contribution < -0.4 is 11.2 Å². The summed E-state index contributed by atoms with van der Waals surface area (Å²) in [5, 5.41) is 10.7. The Labute approximate surface area is 103 Å². The van der Waals surface area contributed by atoms with Gasteiger partial charge in [-0.2, -0.15) is 5.06 Å². The number of likely N-dealkylation sites (N-methyl/N-ethyl adjacent to an activating group) is 1. The van der Waals surface area contributed by atoms with Crippen molar-refractivity contribution >= 4 is 0 Å². The van der Waals surface area contributed by atoms with Crippen molar-refractivity contribution in [1.82, 2.24) is 14.6 Å². The Hall–Kier alpha value is -1.70. The molecule has 0 amide bonds. The van der Waals surface area contributed by atoms with Crippen LogP contribution in [0.4, 0.5) is 0 Å². The molecule has 1 aliphatic heterocycles. The first-order valence-corrected chi connectivity index (χ1v) is 5.47. The maximum Gasteiger partial charge on any atom is 0.330 e. The maximum absolute atomic E-state index is 11.7. The van der Waals surface area contributed by atoms with E-state index in [1.807, 2.05) is 0 Å².